The Kier molecular flexibility index (Phi) is 5.46. The minimum Gasteiger partial charge on any atom is -0.481 e. The fourth-order valence-corrected chi connectivity index (χ4v) is 5.01. The predicted molar refractivity (Wildman–Crippen MR) is 129 cm³/mol. The fraction of sp³-hybridized carbons (Fsp3) is 0.280. The van der Waals surface area contributed by atoms with Crippen LogP contribution < -0.4 is 15.6 Å². The van der Waals surface area contributed by atoms with Crippen LogP contribution >= 0.6 is 11.3 Å². The Morgan fingerprint density at radius 1 is 1.06 bits per heavy atom. The molecule has 1 saturated carbocycles. The summed E-state index contributed by atoms with van der Waals surface area (Å²) < 4.78 is 5.77. The molecule has 2 aromatic carbocycles. The van der Waals surface area contributed by atoms with Crippen molar-refractivity contribution in [3.8, 4) is 5.75 Å². The molecule has 8 heteroatoms. The topological polar surface area (TPSA) is 93.2 Å². The highest BCUT2D eigenvalue weighted by molar-refractivity contribution is 7.20. The van der Waals surface area contributed by atoms with Gasteiger partial charge in [-0.05, 0) is 62.1 Å². The van der Waals surface area contributed by atoms with Crippen molar-refractivity contribution >= 4 is 44.1 Å². The van der Waals surface area contributed by atoms with Crippen LogP contribution in [0, 0.1) is 13.8 Å². The number of carbonyl (C=O) groups excluding carboxylic acids is 2. The number of hydrazine groups is 1. The van der Waals surface area contributed by atoms with Gasteiger partial charge in [-0.25, -0.2) is 9.97 Å². The van der Waals surface area contributed by atoms with Crippen molar-refractivity contribution in [2.75, 3.05) is 0 Å². The first-order valence-electron chi connectivity index (χ1n) is 10.9. The number of fused-ring (bicyclic) bond motifs is 2. The molecule has 168 valence electrons. The molecule has 0 radical (unpaired) electrons. The molecule has 0 aliphatic heterocycles. The van der Waals surface area contributed by atoms with Gasteiger partial charge in [-0.15, -0.1) is 11.3 Å². The minimum absolute atomic E-state index is 0.380. The maximum atomic E-state index is 12.8. The summed E-state index contributed by atoms with van der Waals surface area (Å²) in [5, 5.41) is 3.03. The minimum atomic E-state index is -0.788. The van der Waals surface area contributed by atoms with Gasteiger partial charge in [0.15, 0.2) is 6.10 Å². The van der Waals surface area contributed by atoms with Crippen molar-refractivity contribution in [2.45, 2.75) is 45.6 Å². The average molecular weight is 461 g/mol. The monoisotopic (exact) mass is 460 g/mol. The zero-order valence-corrected chi connectivity index (χ0v) is 19.5. The molecule has 1 aliphatic carbocycles. The number of rotatable bonds is 5. The van der Waals surface area contributed by atoms with E-state index in [0.29, 0.717) is 16.5 Å². The second-order valence-corrected chi connectivity index (χ2v) is 9.39. The summed E-state index contributed by atoms with van der Waals surface area (Å²) >= 11 is 1.32. The van der Waals surface area contributed by atoms with E-state index in [1.165, 1.54) is 11.3 Å². The van der Waals surface area contributed by atoms with Crippen molar-refractivity contribution in [3.05, 3.63) is 64.4 Å². The molecule has 0 unspecified atom stereocenters. The van der Waals surface area contributed by atoms with E-state index in [9.17, 15) is 9.59 Å². The van der Waals surface area contributed by atoms with Crippen LogP contribution in [0.25, 0.3) is 21.0 Å². The number of thiophene rings is 1. The van der Waals surface area contributed by atoms with Crippen molar-refractivity contribution in [2.24, 2.45) is 0 Å². The van der Waals surface area contributed by atoms with Crippen molar-refractivity contribution < 1.29 is 14.3 Å². The Balaban J connectivity index is 1.25. The van der Waals surface area contributed by atoms with Crippen LogP contribution in [0.1, 0.15) is 52.4 Å². The van der Waals surface area contributed by atoms with Gasteiger partial charge in [-0.3, -0.25) is 20.4 Å². The van der Waals surface area contributed by atoms with Crippen molar-refractivity contribution in [3.63, 3.8) is 0 Å². The van der Waals surface area contributed by atoms with E-state index in [2.05, 4.69) is 20.8 Å². The molecule has 1 aliphatic rings. The van der Waals surface area contributed by atoms with Gasteiger partial charge in [-0.1, -0.05) is 30.3 Å². The Labute approximate surface area is 195 Å². The predicted octanol–water partition coefficient (Wildman–Crippen LogP) is 4.57. The zero-order valence-electron chi connectivity index (χ0n) is 18.6. The van der Waals surface area contributed by atoms with E-state index in [0.717, 1.165) is 50.9 Å². The lowest BCUT2D eigenvalue weighted by Crippen LogP contribution is -2.47. The van der Waals surface area contributed by atoms with Crippen LogP contribution in [0.4, 0.5) is 0 Å². The van der Waals surface area contributed by atoms with Crippen LogP contribution in [0.3, 0.4) is 0 Å². The fourth-order valence-electron chi connectivity index (χ4n) is 3.88. The Morgan fingerprint density at radius 3 is 2.58 bits per heavy atom. The summed E-state index contributed by atoms with van der Waals surface area (Å²) in [7, 11) is 0. The molecule has 0 spiro atoms. The van der Waals surface area contributed by atoms with E-state index in [1.54, 1.807) is 6.92 Å². The van der Waals surface area contributed by atoms with Gasteiger partial charge in [0.2, 0.25) is 0 Å². The number of ether oxygens (including phenoxy) is 1. The highest BCUT2D eigenvalue weighted by atomic mass is 32.1. The van der Waals surface area contributed by atoms with Crippen LogP contribution in [0.5, 0.6) is 5.75 Å². The summed E-state index contributed by atoms with van der Waals surface area (Å²) in [5.41, 5.74) is 6.69. The van der Waals surface area contributed by atoms with Gasteiger partial charge < -0.3 is 4.74 Å². The number of amides is 2. The smallest absolute Gasteiger partial charge is 0.280 e. The summed E-state index contributed by atoms with van der Waals surface area (Å²) in [5.74, 6) is 1.07. The van der Waals surface area contributed by atoms with Gasteiger partial charge in [0, 0.05) is 11.3 Å². The summed E-state index contributed by atoms with van der Waals surface area (Å²) in [6, 6.07) is 13.6. The van der Waals surface area contributed by atoms with Gasteiger partial charge in [0.25, 0.3) is 11.8 Å². The molecule has 7 nitrogen and oxygen atoms in total. The molecule has 0 bridgehead atoms. The average Bonchev–Trinajstić information content (AvgIpc) is 3.60. The van der Waals surface area contributed by atoms with E-state index in [4.69, 9.17) is 4.74 Å². The number of benzene rings is 2. The van der Waals surface area contributed by atoms with E-state index >= 15 is 0 Å². The third-order valence-corrected chi connectivity index (χ3v) is 7.02. The molecule has 0 saturated heterocycles. The lowest BCUT2D eigenvalue weighted by atomic mass is 10.1. The number of aromatic nitrogens is 2. The quantitative estimate of drug-likeness (QED) is 0.426. The molecular formula is C25H24N4O3S. The molecule has 1 fully saturated rings. The Hall–Kier alpha value is -3.52. The number of nitrogens with one attached hydrogen (secondary N) is 2. The summed E-state index contributed by atoms with van der Waals surface area (Å²) in [6.45, 7) is 5.47. The van der Waals surface area contributed by atoms with Crippen LogP contribution in [0.2, 0.25) is 0 Å². The SMILES string of the molecule is Cc1nc(C2CC2)nc2sc(C(=O)NNC(=O)[C@@H](C)Oc3ccc4ccccc4c3)c(C)c12. The van der Waals surface area contributed by atoms with Gasteiger partial charge in [0.05, 0.1) is 10.6 Å². The largest absolute Gasteiger partial charge is 0.481 e. The van der Waals surface area contributed by atoms with Gasteiger partial charge in [0.1, 0.15) is 16.4 Å². The first kappa shape index (κ1) is 21.3. The van der Waals surface area contributed by atoms with Crippen LogP contribution in [0.15, 0.2) is 42.5 Å². The third-order valence-electron chi connectivity index (χ3n) is 5.84. The highest BCUT2D eigenvalue weighted by Gasteiger charge is 2.28. The molecule has 33 heavy (non-hydrogen) atoms. The Bertz CT molecular complexity index is 1390. The molecular weight excluding hydrogens is 436 g/mol. The number of nitrogens with zero attached hydrogens (tertiary/aromatic N) is 2. The molecule has 2 amide bonds. The first-order valence-corrected chi connectivity index (χ1v) is 11.8. The maximum Gasteiger partial charge on any atom is 0.280 e. The highest BCUT2D eigenvalue weighted by Crippen LogP contribution is 2.40. The van der Waals surface area contributed by atoms with Crippen molar-refractivity contribution in [1.82, 2.24) is 20.8 Å². The zero-order chi connectivity index (χ0) is 23.1. The lowest BCUT2D eigenvalue weighted by molar-refractivity contribution is -0.128. The molecule has 2 aromatic heterocycles. The van der Waals surface area contributed by atoms with Crippen molar-refractivity contribution in [1.29, 1.82) is 0 Å². The maximum absolute atomic E-state index is 12.8. The normalized spacial score (nSPS) is 14.3. The number of hydrogen-bond donors (Lipinski definition) is 2. The molecule has 4 aromatic rings. The second kappa shape index (κ2) is 8.44. The van der Waals surface area contributed by atoms with E-state index in [1.807, 2.05) is 56.3 Å². The van der Waals surface area contributed by atoms with Gasteiger partial charge >= 0.3 is 0 Å². The molecule has 2 heterocycles. The molecule has 1 atom stereocenters. The lowest BCUT2D eigenvalue weighted by Gasteiger charge is -2.15. The number of hydrogen-bond acceptors (Lipinski definition) is 6. The van der Waals surface area contributed by atoms with Crippen LogP contribution in [-0.4, -0.2) is 27.9 Å². The standard InChI is InChI=1S/C25H24N4O3S/c1-13-20-14(2)26-22(17-8-9-17)27-25(20)33-21(13)24(31)29-28-23(30)15(3)32-19-11-10-16-6-4-5-7-18(16)12-19/h4-7,10-12,15,17H,8-9H2,1-3H3,(H,28,30)(H,29,31)/t15-/m1/s1. The third kappa shape index (κ3) is 4.26. The summed E-state index contributed by atoms with van der Waals surface area (Å²) in [6.07, 6.45) is 1.45. The number of carbonyl (C=O) groups is 2. The van der Waals surface area contributed by atoms with E-state index in [-0.39, 0.29) is 5.91 Å². The van der Waals surface area contributed by atoms with Crippen LogP contribution in [-0.2, 0) is 4.79 Å². The van der Waals surface area contributed by atoms with Gasteiger partial charge in [-0.2, -0.15) is 0 Å². The number of aryl methyl sites for hydroxylation is 2. The van der Waals surface area contributed by atoms with E-state index < -0.39 is 12.0 Å². The summed E-state index contributed by atoms with van der Waals surface area (Å²) in [4.78, 5) is 35.9. The Morgan fingerprint density at radius 2 is 1.82 bits per heavy atom. The first-order chi connectivity index (χ1) is 15.9. The molecule has 5 rings (SSSR count). The second-order valence-electron chi connectivity index (χ2n) is 8.39. The molecule has 2 N–H and O–H groups in total.